The van der Waals surface area contributed by atoms with Gasteiger partial charge in [-0.05, 0) is 119 Å². The number of pyridine rings is 1. The molecule has 0 unspecified atom stereocenters. The lowest BCUT2D eigenvalue weighted by Crippen LogP contribution is -2.61. The molecule has 0 spiro atoms. The number of nitrogens with zero attached hydrogens (tertiary/aromatic N) is 3. The zero-order valence-corrected chi connectivity index (χ0v) is 50.1. The van der Waals surface area contributed by atoms with Crippen molar-refractivity contribution in [1.82, 2.24) is 14.4 Å². The van der Waals surface area contributed by atoms with Crippen LogP contribution in [-0.4, -0.2) is 222 Å². The number of aryl methyl sites for hydroxylation is 1. The first kappa shape index (κ1) is 66.1. The number of nitrogens with one attached hydrogen (secondary N) is 1. The van der Waals surface area contributed by atoms with Gasteiger partial charge in [0.15, 0.2) is 24.2 Å². The van der Waals surface area contributed by atoms with Gasteiger partial charge in [-0.2, -0.15) is 0 Å². The van der Waals surface area contributed by atoms with Gasteiger partial charge < -0.3 is 92.6 Å². The molecule has 6 rings (SSSR count). The van der Waals surface area contributed by atoms with Gasteiger partial charge in [-0.3, -0.25) is 14.4 Å². The zero-order chi connectivity index (χ0) is 59.9. The number of carboxylic acids is 1. The van der Waals surface area contributed by atoms with Gasteiger partial charge in [0, 0.05) is 62.2 Å². The quantitative estimate of drug-likeness (QED) is 0.0862. The molecule has 460 valence electrons. The molecule has 18 atom stereocenters. The molecule has 23 nitrogen and oxygen atoms in total. The first-order valence-corrected chi connectivity index (χ1v) is 28.8. The number of aromatic nitrogens is 1. The maximum absolute atomic E-state index is 14.6. The largest absolute Gasteiger partial charge is 0.478 e. The van der Waals surface area contributed by atoms with Crippen molar-refractivity contribution in [2.24, 2.45) is 17.8 Å². The summed E-state index contributed by atoms with van der Waals surface area (Å²) in [5.41, 5.74) is -4.35. The monoisotopic (exact) mass is 1150 g/mol. The van der Waals surface area contributed by atoms with Crippen molar-refractivity contribution >= 4 is 34.5 Å². The lowest BCUT2D eigenvalue weighted by atomic mass is 9.77. The molecule has 6 N–H and O–H groups in total. The van der Waals surface area contributed by atoms with Crippen molar-refractivity contribution in [1.29, 1.82) is 0 Å². The van der Waals surface area contributed by atoms with Crippen LogP contribution in [-0.2, 0) is 58.8 Å². The molecule has 0 aliphatic carbocycles. The van der Waals surface area contributed by atoms with Crippen molar-refractivity contribution in [2.75, 3.05) is 79.7 Å². The number of methoxy groups -OCH3 is 1. The molecule has 4 aliphatic heterocycles. The number of cyclic esters (lactones) is 1. The van der Waals surface area contributed by atoms with E-state index >= 15 is 0 Å². The van der Waals surface area contributed by atoms with Crippen molar-refractivity contribution in [3.05, 3.63) is 34.0 Å². The number of carbonyl (C=O) groups excluding carboxylic acids is 2. The average Bonchev–Trinajstić information content (AvgIpc) is 3.61. The number of ether oxygens (including phenoxy) is 10. The number of esters is 2. The molecule has 23 heteroatoms. The number of aliphatic hydroxyl groups excluding tert-OH is 2. The summed E-state index contributed by atoms with van der Waals surface area (Å²) in [6.07, 6.45) is -8.59. The predicted molar refractivity (Wildman–Crippen MR) is 298 cm³/mol. The highest BCUT2D eigenvalue weighted by atomic mass is 16.7. The molecule has 3 saturated heterocycles. The molecule has 0 radical (unpaired) electrons. The number of aliphatic hydroxyl groups is 4. The summed E-state index contributed by atoms with van der Waals surface area (Å²) >= 11 is 0. The van der Waals surface area contributed by atoms with Crippen LogP contribution in [0.25, 0.3) is 10.9 Å². The number of hydrogen-bond donors (Lipinski definition) is 6. The van der Waals surface area contributed by atoms with Crippen LogP contribution >= 0.6 is 0 Å². The molecule has 1 aromatic heterocycles. The molecule has 0 bridgehead atoms. The molecular weight excluding hydrogens is 1060 g/mol. The lowest BCUT2D eigenvalue weighted by molar-refractivity contribution is -0.318. The van der Waals surface area contributed by atoms with E-state index in [2.05, 4.69) is 5.32 Å². The molecule has 4 aliphatic rings. The molecule has 81 heavy (non-hydrogen) atoms. The first-order chi connectivity index (χ1) is 38.1. The van der Waals surface area contributed by atoms with Crippen molar-refractivity contribution < 1.29 is 87.3 Å². The summed E-state index contributed by atoms with van der Waals surface area (Å²) in [6, 6.07) is 4.19. The third kappa shape index (κ3) is 15.6. The highest BCUT2D eigenvalue weighted by Crippen LogP contribution is 2.41. The number of carbonyl (C=O) groups is 3. The number of carboxylic acid groups (broad SMARTS) is 1. The van der Waals surface area contributed by atoms with Crippen LogP contribution in [0.1, 0.15) is 118 Å². The third-order valence-electron chi connectivity index (χ3n) is 17.0. The average molecular weight is 1150 g/mol. The standard InChI is InChI=1S/C58H94N4O19/c1-15-42-58(10,71)49(66)36(6)61(13)31-32(2)29-56(8,70)50(81-55-47(65)41(60(11)12)27-33(3)76-55)34(4)48(35(5)54(69)78-42)80-44-30-57(9,72-14)51(37(7)77-44)79-43(63)19-23-73-25-26-74-24-20-59-38-17-18-39-40(28-38)62-21-16-22-75-52(62)45(46(39)64)53(67)68/h17-18,28,32-37,41-42,44,47-51,55,59,65-66,70-71H,15-16,19-27,29-31H2,1-14H3,(H,67,68)/t32-,33-,34+,35-,36-,37+,41+,42-,44+,47-,48+,49-,50-,51+,55+,56-,57-,58-/m1/s1. The van der Waals surface area contributed by atoms with Crippen LogP contribution in [0, 0.1) is 17.8 Å². The Balaban J connectivity index is 1.10. The Morgan fingerprint density at radius 2 is 1.62 bits per heavy atom. The fourth-order valence-corrected chi connectivity index (χ4v) is 12.4. The summed E-state index contributed by atoms with van der Waals surface area (Å²) in [5.74, 6) is -4.71. The van der Waals surface area contributed by atoms with Crippen LogP contribution in [0.4, 0.5) is 5.69 Å². The fraction of sp³-hybridized carbons (Fsp3) is 0.793. The lowest BCUT2D eigenvalue weighted by Gasteiger charge is -2.49. The predicted octanol–water partition coefficient (Wildman–Crippen LogP) is 3.78. The molecule has 2 aromatic rings. The van der Waals surface area contributed by atoms with Crippen LogP contribution in [0.3, 0.4) is 0 Å². The maximum atomic E-state index is 14.6. The number of aromatic carboxylic acids is 1. The normalized spacial score (nSPS) is 36.7. The van der Waals surface area contributed by atoms with Gasteiger partial charge in [-0.15, -0.1) is 0 Å². The summed E-state index contributed by atoms with van der Waals surface area (Å²) in [6.45, 7) is 19.9. The van der Waals surface area contributed by atoms with E-state index in [0.717, 1.165) is 5.69 Å². The summed E-state index contributed by atoms with van der Waals surface area (Å²) < 4.78 is 63.6. The number of benzene rings is 1. The van der Waals surface area contributed by atoms with E-state index in [9.17, 15) is 44.7 Å². The highest BCUT2D eigenvalue weighted by Gasteiger charge is 2.54. The van der Waals surface area contributed by atoms with Gasteiger partial charge in [0.25, 0.3) is 0 Å². The van der Waals surface area contributed by atoms with Gasteiger partial charge in [-0.1, -0.05) is 20.8 Å². The Morgan fingerprint density at radius 1 is 0.926 bits per heavy atom. The number of hydrogen-bond acceptors (Lipinski definition) is 21. The van der Waals surface area contributed by atoms with Gasteiger partial charge in [-0.25, -0.2) is 4.79 Å². The van der Waals surface area contributed by atoms with Crippen molar-refractivity contribution in [3.63, 3.8) is 0 Å². The summed E-state index contributed by atoms with van der Waals surface area (Å²) in [4.78, 5) is 56.7. The Morgan fingerprint density at radius 3 is 2.27 bits per heavy atom. The second kappa shape index (κ2) is 28.2. The van der Waals surface area contributed by atoms with E-state index in [-0.39, 0.29) is 75.0 Å². The van der Waals surface area contributed by atoms with Crippen LogP contribution in [0.5, 0.6) is 5.88 Å². The number of anilines is 1. The third-order valence-corrected chi connectivity index (χ3v) is 17.0. The number of fused-ring (bicyclic) bond motifs is 3. The van der Waals surface area contributed by atoms with Gasteiger partial charge in [0.2, 0.25) is 11.3 Å². The Bertz CT molecular complexity index is 2480. The molecule has 0 saturated carbocycles. The van der Waals surface area contributed by atoms with E-state index in [1.807, 2.05) is 44.8 Å². The van der Waals surface area contributed by atoms with E-state index < -0.39 is 113 Å². The Labute approximate surface area is 476 Å². The maximum Gasteiger partial charge on any atom is 0.345 e. The number of likely N-dealkylation sites (N-methyl/N-ethyl adjacent to an activating group) is 2. The fourth-order valence-electron chi connectivity index (χ4n) is 12.4. The van der Waals surface area contributed by atoms with Crippen LogP contribution in [0.15, 0.2) is 23.0 Å². The Hall–Kier alpha value is -4.08. The molecular formula is C58H94N4O19. The van der Waals surface area contributed by atoms with E-state index in [1.54, 1.807) is 71.2 Å². The van der Waals surface area contributed by atoms with Crippen molar-refractivity contribution in [3.8, 4) is 5.88 Å². The van der Waals surface area contributed by atoms with Gasteiger partial charge in [0.05, 0.1) is 80.9 Å². The Kier molecular flexibility index (Phi) is 23.0. The second-order valence-electron chi connectivity index (χ2n) is 23.9. The first-order valence-electron chi connectivity index (χ1n) is 28.8. The number of rotatable bonds is 19. The van der Waals surface area contributed by atoms with Gasteiger partial charge >= 0.3 is 17.9 Å². The minimum atomic E-state index is -1.87. The molecule has 1 aromatic carbocycles. The van der Waals surface area contributed by atoms with Crippen LogP contribution < -0.4 is 15.5 Å². The smallest absolute Gasteiger partial charge is 0.345 e. The second-order valence-corrected chi connectivity index (χ2v) is 23.9. The topological polar surface area (TPSA) is 285 Å². The van der Waals surface area contributed by atoms with E-state index in [1.165, 1.54) is 14.0 Å². The van der Waals surface area contributed by atoms with Crippen molar-refractivity contribution in [2.45, 2.75) is 205 Å². The summed E-state index contributed by atoms with van der Waals surface area (Å²) in [5, 5.41) is 61.4. The van der Waals surface area contributed by atoms with E-state index in [0.29, 0.717) is 56.6 Å². The van der Waals surface area contributed by atoms with E-state index in [4.69, 9.17) is 47.4 Å². The minimum absolute atomic E-state index is 0.0269. The van der Waals surface area contributed by atoms with Gasteiger partial charge in [0.1, 0.15) is 29.5 Å². The van der Waals surface area contributed by atoms with Crippen LogP contribution in [0.2, 0.25) is 0 Å². The highest BCUT2D eigenvalue weighted by molar-refractivity contribution is 5.96. The molecule has 3 fully saturated rings. The molecule has 5 heterocycles. The minimum Gasteiger partial charge on any atom is -0.478 e. The zero-order valence-electron chi connectivity index (χ0n) is 50.1. The summed E-state index contributed by atoms with van der Waals surface area (Å²) in [7, 11) is 7.06. The molecule has 0 amide bonds. The SMILES string of the molecule is CC[C@H]1OC(=O)[C@H](C)[C@@H](O[C@H]2C[C@@](C)(OC)[C@@H](OC(=O)CCOCCOCCNc3ccc4c(=O)c(C(=O)O)c5n(c4c3)CCCO5)[C@H](C)O2)[C@H](C)[C@@H](O[C@@H]2O[C@H](C)C[C@H](N(C)C)[C@H]2O)[C@](C)(O)C[C@@H](C)CN(C)[C@H](C)[C@@H](O)[C@]1(C)O.